The van der Waals surface area contributed by atoms with Gasteiger partial charge in [-0.05, 0) is 56.9 Å². The van der Waals surface area contributed by atoms with Crippen LogP contribution in [0.25, 0.3) is 10.9 Å². The number of ether oxygens (including phenoxy) is 1. The van der Waals surface area contributed by atoms with Gasteiger partial charge in [-0.2, -0.15) is 9.82 Å². The van der Waals surface area contributed by atoms with Crippen molar-refractivity contribution in [2.75, 3.05) is 110 Å². The van der Waals surface area contributed by atoms with Crippen molar-refractivity contribution >= 4 is 62.6 Å². The number of benzene rings is 2. The molecule has 1 atom stereocenters. The molecule has 4 aromatic rings. The van der Waals surface area contributed by atoms with E-state index in [-0.39, 0.29) is 114 Å². The minimum atomic E-state index is -4.31. The molecule has 1 aliphatic heterocycles. The van der Waals surface area contributed by atoms with E-state index in [4.69, 9.17) is 4.74 Å². The number of hydrogen-bond acceptors (Lipinski definition) is 16. The predicted molar refractivity (Wildman–Crippen MR) is 258 cm³/mol. The number of carboxylic acids is 4. The zero-order valence-electron chi connectivity index (χ0n) is 40.1. The molecule has 0 spiro atoms. The summed E-state index contributed by atoms with van der Waals surface area (Å²) in [7, 11) is -4.31. The first-order valence-corrected chi connectivity index (χ1v) is 24.5. The van der Waals surface area contributed by atoms with Crippen molar-refractivity contribution in [1.29, 1.82) is 0 Å². The molecule has 9 N–H and O–H groups in total. The first-order valence-electron chi connectivity index (χ1n) is 23.1. The van der Waals surface area contributed by atoms with Crippen molar-refractivity contribution < 1.29 is 62.3 Å². The Kier molecular flexibility index (Phi) is 20.6. The fourth-order valence-electron chi connectivity index (χ4n) is 8.24. The summed E-state index contributed by atoms with van der Waals surface area (Å²) in [5.41, 5.74) is 2.38. The number of aromatic nitrogens is 4. The van der Waals surface area contributed by atoms with Crippen LogP contribution in [0.2, 0.25) is 0 Å². The molecular formula is C45H64N12O13S. The minimum Gasteiger partial charge on any atom is -0.491 e. The Bertz CT molecular complexity index is 2540. The van der Waals surface area contributed by atoms with Gasteiger partial charge in [0.05, 0.1) is 43.9 Å². The van der Waals surface area contributed by atoms with Crippen LogP contribution in [-0.2, 0) is 40.5 Å². The van der Waals surface area contributed by atoms with Gasteiger partial charge >= 0.3 is 23.9 Å². The summed E-state index contributed by atoms with van der Waals surface area (Å²) in [5, 5.41) is 52.2. The lowest BCUT2D eigenvalue weighted by molar-refractivity contribution is -0.140. The Hall–Kier alpha value is -6.71. The number of carbonyl (C=O) groups excluding carboxylic acids is 2. The lowest BCUT2D eigenvalue weighted by atomic mass is 10.1. The second-order valence-electron chi connectivity index (χ2n) is 17.3. The number of imidazole rings is 1. The molecule has 1 unspecified atom stereocenters. The maximum Gasteiger partial charge on any atom is 0.323 e. The van der Waals surface area contributed by atoms with Crippen molar-refractivity contribution in [3.05, 3.63) is 65.1 Å². The highest BCUT2D eigenvalue weighted by Gasteiger charge is 2.29. The summed E-state index contributed by atoms with van der Waals surface area (Å²) in [6, 6.07) is 4.70. The number of aryl methyl sites for hydroxylation is 4. The molecule has 1 fully saturated rings. The zero-order valence-corrected chi connectivity index (χ0v) is 40.9. The molecule has 1 aliphatic rings. The van der Waals surface area contributed by atoms with Gasteiger partial charge in [0.25, 0.3) is 5.91 Å². The Morgan fingerprint density at radius 3 is 1.83 bits per heavy atom. The van der Waals surface area contributed by atoms with E-state index in [1.807, 2.05) is 11.8 Å². The molecule has 0 aliphatic carbocycles. The molecule has 2 aromatic heterocycles. The van der Waals surface area contributed by atoms with Gasteiger partial charge in [-0.3, -0.25) is 53.0 Å². The van der Waals surface area contributed by atoms with E-state index in [2.05, 4.69) is 35.7 Å². The second-order valence-corrected chi connectivity index (χ2v) is 18.9. The number of nitrogens with zero attached hydrogens (tertiary/aromatic N) is 7. The van der Waals surface area contributed by atoms with Gasteiger partial charge in [0.1, 0.15) is 17.3 Å². The van der Waals surface area contributed by atoms with Crippen LogP contribution in [0, 0.1) is 20.8 Å². The van der Waals surface area contributed by atoms with Crippen LogP contribution >= 0.6 is 0 Å². The molecule has 0 radical (unpaired) electrons. The highest BCUT2D eigenvalue weighted by atomic mass is 32.2. The number of hydrogen-bond donors (Lipinski definition) is 9. The van der Waals surface area contributed by atoms with Crippen molar-refractivity contribution in [2.45, 2.75) is 51.1 Å². The van der Waals surface area contributed by atoms with E-state index in [1.54, 1.807) is 70.0 Å². The summed E-state index contributed by atoms with van der Waals surface area (Å²) >= 11 is 0. The quantitative estimate of drug-likeness (QED) is 0.0385. The highest BCUT2D eigenvalue weighted by Crippen LogP contribution is 2.29. The van der Waals surface area contributed by atoms with E-state index >= 15 is 0 Å². The summed E-state index contributed by atoms with van der Waals surface area (Å²) in [6.45, 7) is 6.78. The number of amides is 2. The number of anilines is 1. The summed E-state index contributed by atoms with van der Waals surface area (Å²) in [5.74, 6) is -4.83. The molecule has 0 saturated carbocycles. The lowest BCUT2D eigenvalue weighted by Gasteiger charge is -2.32. The smallest absolute Gasteiger partial charge is 0.323 e. The first-order chi connectivity index (χ1) is 33.8. The Labute approximate surface area is 410 Å². The number of aromatic amines is 1. The molecule has 388 valence electrons. The number of aliphatic carboxylic acids is 4. The number of carbonyl (C=O) groups is 6. The van der Waals surface area contributed by atoms with Gasteiger partial charge in [0.15, 0.2) is 5.95 Å². The lowest BCUT2D eigenvalue weighted by Crippen LogP contribution is -2.49. The second kappa shape index (κ2) is 26.5. The van der Waals surface area contributed by atoms with Gasteiger partial charge in [0.2, 0.25) is 15.9 Å². The largest absolute Gasteiger partial charge is 0.491 e. The number of rotatable bonds is 25. The zero-order chi connectivity index (χ0) is 51.7. The summed E-state index contributed by atoms with van der Waals surface area (Å²) in [4.78, 5) is 88.0. The SMILES string of the molecule is Cc1cc(C)c(S(=O)(=O)NC(CNC(=O)c2cc(OCCCNC(=O)CN3CCN(CC(=O)O)CCN(CC(=O)O)CCN(CC(=O)O)CC3)c3c(cnn3CCCNc3ncc[nH]3)c2)C(=O)O)c(C)c1. The average molecular weight is 1010 g/mol. The molecule has 2 aromatic carbocycles. The maximum atomic E-state index is 13.7. The minimum absolute atomic E-state index is 0.0440. The Morgan fingerprint density at radius 2 is 1.31 bits per heavy atom. The summed E-state index contributed by atoms with van der Waals surface area (Å²) in [6.07, 6.45) is 5.82. The van der Waals surface area contributed by atoms with Crippen LogP contribution in [0.4, 0.5) is 5.95 Å². The summed E-state index contributed by atoms with van der Waals surface area (Å²) < 4.78 is 37.0. The molecule has 26 heteroatoms. The van der Waals surface area contributed by atoms with Crippen LogP contribution < -0.4 is 25.4 Å². The normalized spacial score (nSPS) is 15.3. The van der Waals surface area contributed by atoms with Gasteiger partial charge < -0.3 is 46.1 Å². The number of H-pyrrole nitrogens is 1. The van der Waals surface area contributed by atoms with Crippen LogP contribution in [-0.4, -0.2) is 215 Å². The molecule has 3 heterocycles. The fourth-order valence-corrected chi connectivity index (χ4v) is 9.88. The molecular weight excluding hydrogens is 949 g/mol. The fraction of sp³-hybridized carbons (Fsp3) is 0.511. The number of fused-ring (bicyclic) bond motifs is 1. The molecule has 5 rings (SSSR count). The third kappa shape index (κ3) is 17.6. The van der Waals surface area contributed by atoms with E-state index in [0.29, 0.717) is 53.9 Å². The van der Waals surface area contributed by atoms with Crippen molar-refractivity contribution in [3.8, 4) is 5.75 Å². The number of sulfonamides is 1. The van der Waals surface area contributed by atoms with Crippen LogP contribution in [0.1, 0.15) is 39.9 Å². The van der Waals surface area contributed by atoms with E-state index in [0.717, 1.165) is 5.56 Å². The maximum absolute atomic E-state index is 13.7. The number of carboxylic acid groups (broad SMARTS) is 4. The van der Waals surface area contributed by atoms with Gasteiger partial charge in [0, 0.05) is 102 Å². The molecule has 0 bridgehead atoms. The van der Waals surface area contributed by atoms with Crippen LogP contribution in [0.3, 0.4) is 0 Å². The van der Waals surface area contributed by atoms with Crippen LogP contribution in [0.15, 0.2) is 47.8 Å². The van der Waals surface area contributed by atoms with E-state index < -0.39 is 52.4 Å². The molecule has 25 nitrogen and oxygen atoms in total. The Morgan fingerprint density at radius 1 is 0.746 bits per heavy atom. The molecule has 1 saturated heterocycles. The molecule has 2 amide bonds. The monoisotopic (exact) mass is 1010 g/mol. The number of nitrogens with one attached hydrogen (secondary N) is 5. The third-order valence-corrected chi connectivity index (χ3v) is 13.3. The van der Waals surface area contributed by atoms with Crippen molar-refractivity contribution in [3.63, 3.8) is 0 Å². The van der Waals surface area contributed by atoms with Crippen molar-refractivity contribution in [2.24, 2.45) is 0 Å². The topological polar surface area (TPSA) is 334 Å². The Balaban J connectivity index is 1.24. The van der Waals surface area contributed by atoms with E-state index in [9.17, 15) is 57.6 Å². The van der Waals surface area contributed by atoms with Crippen LogP contribution in [0.5, 0.6) is 5.75 Å². The van der Waals surface area contributed by atoms with Gasteiger partial charge in [-0.25, -0.2) is 13.4 Å². The van der Waals surface area contributed by atoms with E-state index in [1.165, 1.54) is 6.07 Å². The first kappa shape index (κ1) is 55.2. The third-order valence-electron chi connectivity index (χ3n) is 11.5. The van der Waals surface area contributed by atoms with Gasteiger partial charge in [-0.1, -0.05) is 17.7 Å². The van der Waals surface area contributed by atoms with Crippen molar-refractivity contribution in [1.82, 2.24) is 54.7 Å². The molecule has 71 heavy (non-hydrogen) atoms. The average Bonchev–Trinajstić information content (AvgIpc) is 3.96. The standard InChI is InChI=1S/C45H64N12O13S/c1-30-20-31(2)42(32(3)21-30)71(68,69)52-35(44(66)67)25-50-43(65)33-22-34-24-51-57(10-4-6-47-45-48-8-9-49-45)41(34)36(23-33)70-19-5-7-46-37(58)26-53-11-13-54(27-38(59)60)15-17-56(29-40(63)64)18-16-55(14-12-53)28-39(61)62/h8-9,20-24,35,52H,4-7,10-19,25-29H2,1-3H3,(H,46,58)(H,50,65)(H,59,60)(H,61,62)(H,63,64)(H,66,67)(H2,47,48,49). The predicted octanol–water partition coefficient (Wildman–Crippen LogP) is -0.291. The highest BCUT2D eigenvalue weighted by molar-refractivity contribution is 7.89. The van der Waals surface area contributed by atoms with Gasteiger partial charge in [-0.15, -0.1) is 0 Å².